The van der Waals surface area contributed by atoms with Crippen LogP contribution in [0.1, 0.15) is 12.5 Å². The van der Waals surface area contributed by atoms with Crippen molar-refractivity contribution in [1.29, 1.82) is 0 Å². The molecule has 142 valence electrons. The van der Waals surface area contributed by atoms with Crippen LogP contribution in [0.3, 0.4) is 0 Å². The molecule has 7 nitrogen and oxygen atoms in total. The average molecular weight is 393 g/mol. The summed E-state index contributed by atoms with van der Waals surface area (Å²) in [6, 6.07) is 15.3. The Bertz CT molecular complexity index is 1050. The highest BCUT2D eigenvalue weighted by molar-refractivity contribution is 7.99. The van der Waals surface area contributed by atoms with Crippen molar-refractivity contribution >= 4 is 23.4 Å². The highest BCUT2D eigenvalue weighted by atomic mass is 32.2. The molecule has 1 amide bonds. The van der Waals surface area contributed by atoms with E-state index in [-0.39, 0.29) is 11.7 Å². The van der Waals surface area contributed by atoms with E-state index in [1.807, 2.05) is 64.2 Å². The van der Waals surface area contributed by atoms with Crippen molar-refractivity contribution in [3.63, 3.8) is 0 Å². The summed E-state index contributed by atoms with van der Waals surface area (Å²) >= 11 is 1.32. The van der Waals surface area contributed by atoms with Gasteiger partial charge in [-0.25, -0.2) is 4.68 Å². The van der Waals surface area contributed by atoms with Crippen LogP contribution in [0, 0.1) is 0 Å². The fourth-order valence-corrected chi connectivity index (χ4v) is 3.51. The summed E-state index contributed by atoms with van der Waals surface area (Å²) in [7, 11) is 0. The number of furan rings is 1. The molecule has 0 fully saturated rings. The van der Waals surface area contributed by atoms with E-state index in [2.05, 4.69) is 22.4 Å². The van der Waals surface area contributed by atoms with E-state index in [0.717, 1.165) is 12.1 Å². The number of benzene rings is 1. The maximum absolute atomic E-state index is 12.4. The number of amides is 1. The molecule has 0 unspecified atom stereocenters. The third-order valence-corrected chi connectivity index (χ3v) is 5.04. The molecule has 28 heavy (non-hydrogen) atoms. The second-order valence-corrected chi connectivity index (χ2v) is 6.99. The van der Waals surface area contributed by atoms with Crippen LogP contribution in [0.4, 0.5) is 5.69 Å². The highest BCUT2D eigenvalue weighted by Crippen LogP contribution is 2.25. The second-order valence-electron chi connectivity index (χ2n) is 6.05. The molecule has 0 saturated carbocycles. The topological polar surface area (TPSA) is 77.9 Å². The van der Waals surface area contributed by atoms with Gasteiger partial charge < -0.3 is 9.73 Å². The number of rotatable bonds is 7. The number of anilines is 1. The van der Waals surface area contributed by atoms with E-state index in [9.17, 15) is 4.79 Å². The number of carbonyl (C=O) groups is 1. The van der Waals surface area contributed by atoms with Crippen molar-refractivity contribution < 1.29 is 9.21 Å². The molecule has 0 aliphatic carbocycles. The SMILES string of the molecule is CCc1cccc(NC(=O)CSc2nnc(-c3ccco3)n2-n2cccc2)c1. The van der Waals surface area contributed by atoms with Gasteiger partial charge in [-0.15, -0.1) is 10.2 Å². The minimum absolute atomic E-state index is 0.0974. The zero-order chi connectivity index (χ0) is 19.3. The normalized spacial score (nSPS) is 10.9. The van der Waals surface area contributed by atoms with E-state index in [1.165, 1.54) is 17.3 Å². The standard InChI is InChI=1S/C20H19N5O2S/c1-2-15-7-5-8-16(13-15)21-18(26)14-28-20-23-22-19(17-9-6-12-27-17)25(20)24-10-3-4-11-24/h3-13H,2,14H2,1H3,(H,21,26). The van der Waals surface area contributed by atoms with Crippen LogP contribution in [-0.2, 0) is 11.2 Å². The monoisotopic (exact) mass is 393 g/mol. The van der Waals surface area contributed by atoms with Gasteiger partial charge in [-0.2, -0.15) is 0 Å². The zero-order valence-electron chi connectivity index (χ0n) is 15.3. The lowest BCUT2D eigenvalue weighted by molar-refractivity contribution is -0.113. The van der Waals surface area contributed by atoms with Gasteiger partial charge in [0.05, 0.1) is 12.0 Å². The fourth-order valence-electron chi connectivity index (χ4n) is 2.78. The number of thioether (sulfide) groups is 1. The molecule has 3 aromatic heterocycles. The Morgan fingerprint density at radius 3 is 2.75 bits per heavy atom. The molecule has 1 N–H and O–H groups in total. The molecule has 8 heteroatoms. The summed E-state index contributed by atoms with van der Waals surface area (Å²) in [5.41, 5.74) is 1.98. The van der Waals surface area contributed by atoms with Crippen molar-refractivity contribution in [2.45, 2.75) is 18.5 Å². The highest BCUT2D eigenvalue weighted by Gasteiger charge is 2.18. The first-order valence-corrected chi connectivity index (χ1v) is 9.87. The minimum Gasteiger partial charge on any atom is -0.461 e. The van der Waals surface area contributed by atoms with Crippen LogP contribution in [0.5, 0.6) is 0 Å². The summed E-state index contributed by atoms with van der Waals surface area (Å²) in [4.78, 5) is 12.4. The number of aryl methyl sites for hydroxylation is 1. The molecule has 1 aromatic carbocycles. The predicted octanol–water partition coefficient (Wildman–Crippen LogP) is 3.94. The molecule has 0 spiro atoms. The third kappa shape index (κ3) is 3.86. The van der Waals surface area contributed by atoms with Crippen molar-refractivity contribution in [3.8, 4) is 11.6 Å². The zero-order valence-corrected chi connectivity index (χ0v) is 16.1. The second kappa shape index (κ2) is 8.18. The maximum atomic E-state index is 12.4. The average Bonchev–Trinajstić information content (AvgIpc) is 3.47. The summed E-state index contributed by atoms with van der Waals surface area (Å²) in [6.45, 7) is 2.08. The van der Waals surface area contributed by atoms with Crippen molar-refractivity contribution in [3.05, 3.63) is 72.8 Å². The Balaban J connectivity index is 1.51. The van der Waals surface area contributed by atoms with Gasteiger partial charge in [0.25, 0.3) is 0 Å². The largest absolute Gasteiger partial charge is 0.461 e. The number of hydrogen-bond acceptors (Lipinski definition) is 5. The fraction of sp³-hybridized carbons (Fsp3) is 0.150. The van der Waals surface area contributed by atoms with Crippen molar-refractivity contribution in [2.75, 3.05) is 11.1 Å². The van der Waals surface area contributed by atoms with Gasteiger partial charge in [0.2, 0.25) is 16.9 Å². The first kappa shape index (κ1) is 18.1. The Hall–Kier alpha value is -3.26. The number of carbonyl (C=O) groups excluding carboxylic acids is 1. The van der Waals surface area contributed by atoms with Crippen molar-refractivity contribution in [2.24, 2.45) is 0 Å². The van der Waals surface area contributed by atoms with E-state index >= 15 is 0 Å². The third-order valence-electron chi connectivity index (χ3n) is 4.12. The summed E-state index contributed by atoms with van der Waals surface area (Å²) in [6.07, 6.45) is 6.29. The molecule has 4 aromatic rings. The first-order chi connectivity index (χ1) is 13.7. The number of aromatic nitrogens is 4. The molecule has 0 bridgehead atoms. The van der Waals surface area contributed by atoms with Crippen LogP contribution < -0.4 is 5.32 Å². The van der Waals surface area contributed by atoms with Gasteiger partial charge in [0.1, 0.15) is 0 Å². The lowest BCUT2D eigenvalue weighted by Crippen LogP contribution is -2.16. The van der Waals surface area contributed by atoms with Crippen LogP contribution in [-0.4, -0.2) is 31.2 Å². The van der Waals surface area contributed by atoms with E-state index in [4.69, 9.17) is 4.42 Å². The first-order valence-electron chi connectivity index (χ1n) is 8.89. The van der Waals surface area contributed by atoms with Crippen LogP contribution in [0.15, 0.2) is 76.8 Å². The molecule has 4 rings (SSSR count). The van der Waals surface area contributed by atoms with Crippen LogP contribution >= 0.6 is 11.8 Å². The number of hydrogen-bond donors (Lipinski definition) is 1. The summed E-state index contributed by atoms with van der Waals surface area (Å²) in [5.74, 6) is 1.29. The maximum Gasteiger partial charge on any atom is 0.234 e. The number of nitrogens with one attached hydrogen (secondary N) is 1. The molecule has 0 atom stereocenters. The van der Waals surface area contributed by atoms with Gasteiger partial charge in [-0.1, -0.05) is 30.8 Å². The summed E-state index contributed by atoms with van der Waals surface area (Å²) < 4.78 is 9.14. The number of nitrogens with zero attached hydrogens (tertiary/aromatic N) is 4. The molecule has 3 heterocycles. The van der Waals surface area contributed by atoms with Gasteiger partial charge in [0, 0.05) is 18.1 Å². The Morgan fingerprint density at radius 2 is 2.00 bits per heavy atom. The smallest absolute Gasteiger partial charge is 0.234 e. The van der Waals surface area contributed by atoms with Gasteiger partial charge in [0.15, 0.2) is 5.76 Å². The molecule has 0 aliphatic heterocycles. The van der Waals surface area contributed by atoms with Crippen molar-refractivity contribution in [1.82, 2.24) is 19.5 Å². The molecule has 0 radical (unpaired) electrons. The minimum atomic E-state index is -0.0974. The van der Waals surface area contributed by atoms with Crippen LogP contribution in [0.25, 0.3) is 11.6 Å². The van der Waals surface area contributed by atoms with E-state index in [0.29, 0.717) is 16.7 Å². The Kier molecular flexibility index (Phi) is 5.29. The van der Waals surface area contributed by atoms with E-state index in [1.54, 1.807) is 12.3 Å². The van der Waals surface area contributed by atoms with Gasteiger partial charge in [-0.3, -0.25) is 9.47 Å². The molecule has 0 saturated heterocycles. The summed E-state index contributed by atoms with van der Waals surface area (Å²) in [5, 5.41) is 12.0. The van der Waals surface area contributed by atoms with E-state index < -0.39 is 0 Å². The van der Waals surface area contributed by atoms with Gasteiger partial charge in [-0.05, 0) is 48.4 Å². The molecule has 0 aliphatic rings. The lowest BCUT2D eigenvalue weighted by atomic mass is 10.1. The van der Waals surface area contributed by atoms with Gasteiger partial charge >= 0.3 is 0 Å². The Morgan fingerprint density at radius 1 is 1.14 bits per heavy atom. The lowest BCUT2D eigenvalue weighted by Gasteiger charge is -2.10. The predicted molar refractivity (Wildman–Crippen MR) is 108 cm³/mol. The quantitative estimate of drug-likeness (QED) is 0.481. The molecular weight excluding hydrogens is 374 g/mol. The Labute approximate surface area is 166 Å². The molecular formula is C20H19N5O2S. The van der Waals surface area contributed by atoms with Crippen LogP contribution in [0.2, 0.25) is 0 Å².